The van der Waals surface area contributed by atoms with E-state index in [2.05, 4.69) is 20.5 Å². The lowest BCUT2D eigenvalue weighted by atomic mass is 9.97. The number of tetrazole rings is 1. The molecule has 8 nitrogen and oxygen atoms in total. The van der Waals surface area contributed by atoms with Crippen molar-refractivity contribution in [2.45, 2.75) is 12.5 Å². The zero-order chi connectivity index (χ0) is 16.5. The fraction of sp³-hybridized carbons (Fsp3) is 0.312. The largest absolute Gasteiger partial charge is 0.391 e. The first kappa shape index (κ1) is 14.7. The number of carbonyl (C=O) groups excluding carboxylic acids is 1. The zero-order valence-corrected chi connectivity index (χ0v) is 12.9. The van der Waals surface area contributed by atoms with E-state index in [1.54, 1.807) is 35.5 Å². The van der Waals surface area contributed by atoms with E-state index < -0.39 is 6.10 Å². The molecule has 4 rings (SSSR count). The molecule has 0 radical (unpaired) electrons. The lowest BCUT2D eigenvalue weighted by Crippen LogP contribution is -2.31. The molecular formula is C16H16N6O2. The van der Waals surface area contributed by atoms with Crippen molar-refractivity contribution in [2.24, 2.45) is 5.92 Å². The van der Waals surface area contributed by atoms with E-state index in [1.807, 2.05) is 12.1 Å². The summed E-state index contributed by atoms with van der Waals surface area (Å²) in [6, 6.07) is 9.04. The van der Waals surface area contributed by atoms with Crippen molar-refractivity contribution in [3.63, 3.8) is 0 Å². The molecule has 1 amide bonds. The molecule has 1 aliphatic rings. The van der Waals surface area contributed by atoms with E-state index in [9.17, 15) is 9.90 Å². The second kappa shape index (κ2) is 5.97. The summed E-state index contributed by atoms with van der Waals surface area (Å²) in [6.45, 7) is 0.813. The van der Waals surface area contributed by atoms with Gasteiger partial charge in [0.05, 0.1) is 6.10 Å². The van der Waals surface area contributed by atoms with Crippen molar-refractivity contribution in [2.75, 3.05) is 13.1 Å². The highest BCUT2D eigenvalue weighted by molar-refractivity contribution is 5.93. The van der Waals surface area contributed by atoms with Crippen LogP contribution < -0.4 is 0 Å². The molecule has 3 aromatic heterocycles. The maximum Gasteiger partial charge on any atom is 0.272 e. The smallest absolute Gasteiger partial charge is 0.272 e. The van der Waals surface area contributed by atoms with Gasteiger partial charge in [0, 0.05) is 31.4 Å². The van der Waals surface area contributed by atoms with E-state index in [0.717, 1.165) is 5.56 Å². The summed E-state index contributed by atoms with van der Waals surface area (Å²) in [7, 11) is 0. The van der Waals surface area contributed by atoms with Crippen LogP contribution in [-0.2, 0) is 6.42 Å². The third-order valence-electron chi connectivity index (χ3n) is 4.38. The molecule has 0 unspecified atom stereocenters. The van der Waals surface area contributed by atoms with E-state index in [-0.39, 0.29) is 11.8 Å². The summed E-state index contributed by atoms with van der Waals surface area (Å²) >= 11 is 0. The predicted molar refractivity (Wildman–Crippen MR) is 84.1 cm³/mol. The second-order valence-electron chi connectivity index (χ2n) is 5.96. The number of aromatic nitrogens is 5. The van der Waals surface area contributed by atoms with E-state index in [0.29, 0.717) is 30.9 Å². The summed E-state index contributed by atoms with van der Waals surface area (Å²) in [4.78, 5) is 18.4. The lowest BCUT2D eigenvalue weighted by molar-refractivity contribution is 0.0756. The Kier molecular flexibility index (Phi) is 3.66. The standard InChI is InChI=1S/C16H16N6O2/c23-14-10-21(9-12(14)8-11-4-6-17-7-5-11)16(24)13-2-1-3-15-18-19-20-22(13)15/h1-7,12,14,23H,8-10H2/t12-,14-/m1/s1. The Hall–Kier alpha value is -2.87. The van der Waals surface area contributed by atoms with Gasteiger partial charge in [0.2, 0.25) is 0 Å². The van der Waals surface area contributed by atoms with Gasteiger partial charge in [0.25, 0.3) is 5.91 Å². The molecule has 24 heavy (non-hydrogen) atoms. The number of rotatable bonds is 3. The van der Waals surface area contributed by atoms with Crippen molar-refractivity contribution in [1.82, 2.24) is 29.9 Å². The number of hydrogen-bond donors (Lipinski definition) is 1. The second-order valence-corrected chi connectivity index (χ2v) is 5.96. The highest BCUT2D eigenvalue weighted by atomic mass is 16.3. The van der Waals surface area contributed by atoms with Gasteiger partial charge in [-0.1, -0.05) is 6.07 Å². The number of carbonyl (C=O) groups is 1. The molecule has 0 spiro atoms. The predicted octanol–water partition coefficient (Wildman–Crippen LogP) is 0.195. The Labute approximate surface area is 137 Å². The molecule has 2 atom stereocenters. The van der Waals surface area contributed by atoms with Crippen LogP contribution in [-0.4, -0.2) is 60.1 Å². The number of likely N-dealkylation sites (tertiary alicyclic amines) is 1. The van der Waals surface area contributed by atoms with Gasteiger partial charge in [-0.05, 0) is 46.7 Å². The first-order chi connectivity index (χ1) is 11.7. The number of aliphatic hydroxyl groups is 1. The SMILES string of the molecule is O=C(c1cccc2nnnn12)N1C[C@@H](Cc2ccncc2)[C@H](O)C1. The van der Waals surface area contributed by atoms with Gasteiger partial charge in [-0.3, -0.25) is 9.78 Å². The van der Waals surface area contributed by atoms with Crippen molar-refractivity contribution < 1.29 is 9.90 Å². The van der Waals surface area contributed by atoms with Crippen molar-refractivity contribution in [1.29, 1.82) is 0 Å². The highest BCUT2D eigenvalue weighted by Gasteiger charge is 2.35. The van der Waals surface area contributed by atoms with Crippen LogP contribution in [0.4, 0.5) is 0 Å². The molecule has 3 aromatic rings. The fourth-order valence-electron chi connectivity index (χ4n) is 3.13. The maximum atomic E-state index is 12.8. The number of nitrogens with zero attached hydrogens (tertiary/aromatic N) is 6. The molecular weight excluding hydrogens is 308 g/mol. The van der Waals surface area contributed by atoms with Gasteiger partial charge in [-0.25, -0.2) is 0 Å². The number of fused-ring (bicyclic) bond motifs is 1. The monoisotopic (exact) mass is 324 g/mol. The third-order valence-corrected chi connectivity index (χ3v) is 4.38. The van der Waals surface area contributed by atoms with E-state index >= 15 is 0 Å². The molecule has 8 heteroatoms. The van der Waals surface area contributed by atoms with Crippen molar-refractivity contribution in [3.05, 3.63) is 54.0 Å². The van der Waals surface area contributed by atoms with Gasteiger partial charge in [0.1, 0.15) is 5.69 Å². The van der Waals surface area contributed by atoms with Crippen LogP contribution in [0.2, 0.25) is 0 Å². The fourth-order valence-corrected chi connectivity index (χ4v) is 3.13. The summed E-state index contributed by atoms with van der Waals surface area (Å²) < 4.78 is 1.42. The minimum atomic E-state index is -0.546. The molecule has 1 aliphatic heterocycles. The molecule has 0 saturated carbocycles. The number of pyridine rings is 2. The molecule has 122 valence electrons. The Balaban J connectivity index is 1.53. The number of hydrogen-bond acceptors (Lipinski definition) is 6. The minimum Gasteiger partial charge on any atom is -0.391 e. The average Bonchev–Trinajstić information content (AvgIpc) is 3.22. The number of amides is 1. The number of aliphatic hydroxyl groups excluding tert-OH is 1. The Bertz CT molecular complexity index is 865. The van der Waals surface area contributed by atoms with Crippen LogP contribution in [0.1, 0.15) is 16.1 Å². The van der Waals surface area contributed by atoms with E-state index in [1.165, 1.54) is 4.52 Å². The quantitative estimate of drug-likeness (QED) is 0.739. The van der Waals surface area contributed by atoms with Crippen molar-refractivity contribution >= 4 is 11.6 Å². The van der Waals surface area contributed by atoms with Gasteiger partial charge in [0.15, 0.2) is 5.65 Å². The van der Waals surface area contributed by atoms with Crippen LogP contribution in [0.3, 0.4) is 0 Å². The topological polar surface area (TPSA) is 96.5 Å². The molecule has 4 heterocycles. The molecule has 0 bridgehead atoms. The van der Waals surface area contributed by atoms with Gasteiger partial charge in [-0.2, -0.15) is 4.52 Å². The van der Waals surface area contributed by atoms with Gasteiger partial charge >= 0.3 is 0 Å². The van der Waals surface area contributed by atoms with Crippen LogP contribution in [0.25, 0.3) is 5.65 Å². The van der Waals surface area contributed by atoms with Crippen molar-refractivity contribution in [3.8, 4) is 0 Å². The third kappa shape index (κ3) is 2.61. The first-order valence-corrected chi connectivity index (χ1v) is 7.76. The first-order valence-electron chi connectivity index (χ1n) is 7.76. The molecule has 1 fully saturated rings. The number of β-amino-alcohol motifs (C(OH)–C–C–N with tert-alkyl or cyclic N) is 1. The van der Waals surface area contributed by atoms with Crippen LogP contribution in [0.5, 0.6) is 0 Å². The highest BCUT2D eigenvalue weighted by Crippen LogP contribution is 2.23. The maximum absolute atomic E-state index is 12.8. The van der Waals surface area contributed by atoms with Crippen LogP contribution in [0.15, 0.2) is 42.7 Å². The van der Waals surface area contributed by atoms with Gasteiger partial charge in [-0.15, -0.1) is 5.10 Å². The normalized spacial score (nSPS) is 20.6. The van der Waals surface area contributed by atoms with Crippen LogP contribution in [0, 0.1) is 5.92 Å². The summed E-state index contributed by atoms with van der Waals surface area (Å²) in [5.41, 5.74) is 2.02. The Morgan fingerprint density at radius 1 is 1.21 bits per heavy atom. The molecule has 0 aromatic carbocycles. The summed E-state index contributed by atoms with van der Waals surface area (Å²) in [5.74, 6) is -0.173. The summed E-state index contributed by atoms with van der Waals surface area (Å²) in [5, 5.41) is 21.6. The average molecular weight is 324 g/mol. The van der Waals surface area contributed by atoms with Gasteiger partial charge < -0.3 is 10.0 Å². The molecule has 1 saturated heterocycles. The minimum absolute atomic E-state index is 0.00410. The lowest BCUT2D eigenvalue weighted by Gasteiger charge is -2.16. The van der Waals surface area contributed by atoms with E-state index in [4.69, 9.17) is 0 Å². The zero-order valence-electron chi connectivity index (χ0n) is 12.9. The molecule has 1 N–H and O–H groups in total. The summed E-state index contributed by atoms with van der Waals surface area (Å²) in [6.07, 6.45) is 3.63. The molecule has 0 aliphatic carbocycles. The Morgan fingerprint density at radius 2 is 2.04 bits per heavy atom. The Morgan fingerprint density at radius 3 is 2.88 bits per heavy atom. The van der Waals surface area contributed by atoms with Crippen LogP contribution >= 0.6 is 0 Å².